The molecule has 0 aliphatic rings. The SMILES string of the molecule is COC(=O)Cc1ccc(OS(=O)(=O)c2cccs2)cc1. The molecule has 0 spiro atoms. The van der Waals surface area contributed by atoms with E-state index < -0.39 is 10.1 Å². The maximum Gasteiger partial charge on any atom is 0.348 e. The number of methoxy groups -OCH3 is 1. The van der Waals surface area contributed by atoms with Crippen molar-refractivity contribution in [1.29, 1.82) is 0 Å². The molecule has 106 valence electrons. The monoisotopic (exact) mass is 312 g/mol. The van der Waals surface area contributed by atoms with Crippen LogP contribution in [0.1, 0.15) is 5.56 Å². The van der Waals surface area contributed by atoms with Gasteiger partial charge in [0.25, 0.3) is 0 Å². The van der Waals surface area contributed by atoms with Gasteiger partial charge in [0.1, 0.15) is 5.75 Å². The standard InChI is InChI=1S/C13H12O5S2/c1-17-12(14)9-10-4-6-11(7-5-10)18-20(15,16)13-3-2-8-19-13/h2-8H,9H2,1H3. The van der Waals surface area contributed by atoms with Gasteiger partial charge in [-0.1, -0.05) is 18.2 Å². The summed E-state index contributed by atoms with van der Waals surface area (Å²) in [7, 11) is -2.47. The molecule has 2 rings (SSSR count). The van der Waals surface area contributed by atoms with Gasteiger partial charge in [0, 0.05) is 0 Å². The fourth-order valence-corrected chi connectivity index (χ4v) is 3.36. The largest absolute Gasteiger partial charge is 0.469 e. The van der Waals surface area contributed by atoms with Crippen LogP contribution in [0, 0.1) is 0 Å². The Morgan fingerprint density at radius 3 is 2.45 bits per heavy atom. The summed E-state index contributed by atoms with van der Waals surface area (Å²) in [4.78, 5) is 11.1. The lowest BCUT2D eigenvalue weighted by Gasteiger charge is -2.06. The Kier molecular flexibility index (Phi) is 4.41. The lowest BCUT2D eigenvalue weighted by molar-refractivity contribution is -0.139. The molecule has 0 N–H and O–H groups in total. The van der Waals surface area contributed by atoms with Crippen LogP contribution in [0.4, 0.5) is 0 Å². The molecule has 2 aromatic rings. The number of esters is 1. The van der Waals surface area contributed by atoms with Crippen molar-refractivity contribution >= 4 is 27.4 Å². The van der Waals surface area contributed by atoms with E-state index in [4.69, 9.17) is 4.18 Å². The second kappa shape index (κ2) is 6.06. The number of ether oxygens (including phenoxy) is 1. The zero-order valence-corrected chi connectivity index (χ0v) is 12.2. The first-order valence-corrected chi connectivity index (χ1v) is 7.94. The van der Waals surface area contributed by atoms with Gasteiger partial charge in [-0.2, -0.15) is 8.42 Å². The van der Waals surface area contributed by atoms with Gasteiger partial charge in [-0.3, -0.25) is 4.79 Å². The molecule has 0 amide bonds. The minimum absolute atomic E-state index is 0.133. The van der Waals surface area contributed by atoms with Crippen LogP contribution in [0.2, 0.25) is 0 Å². The van der Waals surface area contributed by atoms with Gasteiger partial charge in [0.2, 0.25) is 0 Å². The molecule has 0 aliphatic carbocycles. The lowest BCUT2D eigenvalue weighted by atomic mass is 10.1. The molecular weight excluding hydrogens is 300 g/mol. The van der Waals surface area contributed by atoms with Gasteiger partial charge in [-0.25, -0.2) is 0 Å². The zero-order chi connectivity index (χ0) is 14.6. The number of rotatable bonds is 5. The average molecular weight is 312 g/mol. The van der Waals surface area contributed by atoms with Crippen molar-refractivity contribution in [3.63, 3.8) is 0 Å². The smallest absolute Gasteiger partial charge is 0.348 e. The highest BCUT2D eigenvalue weighted by Gasteiger charge is 2.17. The Hall–Kier alpha value is -1.86. The van der Waals surface area contributed by atoms with E-state index >= 15 is 0 Å². The maximum atomic E-state index is 11.9. The molecule has 0 saturated carbocycles. The molecule has 0 fully saturated rings. The van der Waals surface area contributed by atoms with E-state index in [0.29, 0.717) is 0 Å². The molecule has 7 heteroatoms. The van der Waals surface area contributed by atoms with Gasteiger partial charge >= 0.3 is 16.1 Å². The predicted octanol–water partition coefficient (Wildman–Crippen LogP) is 2.23. The van der Waals surface area contributed by atoms with Crippen LogP contribution in [-0.2, 0) is 26.1 Å². The van der Waals surface area contributed by atoms with Crippen molar-refractivity contribution in [3.8, 4) is 5.75 Å². The third kappa shape index (κ3) is 3.58. The Labute approximate surface area is 120 Å². The quantitative estimate of drug-likeness (QED) is 0.625. The van der Waals surface area contributed by atoms with Gasteiger partial charge in [-0.05, 0) is 29.1 Å². The highest BCUT2D eigenvalue weighted by atomic mass is 32.3. The second-order valence-corrected chi connectivity index (χ2v) is 6.59. The summed E-state index contributed by atoms with van der Waals surface area (Å²) in [5.74, 6) is -0.156. The van der Waals surface area contributed by atoms with Crippen LogP contribution >= 0.6 is 11.3 Å². The van der Waals surface area contributed by atoms with E-state index in [1.54, 1.807) is 23.6 Å². The fourth-order valence-electron chi connectivity index (χ4n) is 1.48. The second-order valence-electron chi connectivity index (χ2n) is 3.87. The summed E-state index contributed by atoms with van der Waals surface area (Å²) in [6, 6.07) is 9.37. The first-order chi connectivity index (χ1) is 9.51. The molecule has 0 bridgehead atoms. The summed E-state index contributed by atoms with van der Waals surface area (Å²) < 4.78 is 33.5. The first kappa shape index (κ1) is 14.5. The van der Waals surface area contributed by atoms with Crippen LogP contribution in [0.15, 0.2) is 46.0 Å². The fraction of sp³-hybridized carbons (Fsp3) is 0.154. The van der Waals surface area contributed by atoms with Crippen molar-refractivity contribution < 1.29 is 22.1 Å². The van der Waals surface area contributed by atoms with E-state index in [1.807, 2.05) is 0 Å². The van der Waals surface area contributed by atoms with E-state index in [1.165, 1.54) is 25.3 Å². The molecule has 0 unspecified atom stereocenters. The number of carbonyl (C=O) groups excluding carboxylic acids is 1. The van der Waals surface area contributed by atoms with E-state index in [-0.39, 0.29) is 22.3 Å². The molecule has 5 nitrogen and oxygen atoms in total. The van der Waals surface area contributed by atoms with E-state index in [2.05, 4.69) is 4.74 Å². The van der Waals surface area contributed by atoms with Gasteiger partial charge in [0.05, 0.1) is 13.5 Å². The molecule has 1 aromatic heterocycles. The van der Waals surface area contributed by atoms with Gasteiger partial charge < -0.3 is 8.92 Å². The summed E-state index contributed by atoms with van der Waals surface area (Å²) in [6.07, 6.45) is 0.133. The highest BCUT2D eigenvalue weighted by Crippen LogP contribution is 2.22. The number of hydrogen-bond acceptors (Lipinski definition) is 6. The van der Waals surface area contributed by atoms with Gasteiger partial charge in [0.15, 0.2) is 4.21 Å². The first-order valence-electron chi connectivity index (χ1n) is 5.65. The lowest BCUT2D eigenvalue weighted by Crippen LogP contribution is -2.08. The van der Waals surface area contributed by atoms with Crippen molar-refractivity contribution in [1.82, 2.24) is 0 Å². The van der Waals surface area contributed by atoms with Crippen molar-refractivity contribution in [2.75, 3.05) is 7.11 Å². The van der Waals surface area contributed by atoms with Crippen LogP contribution in [0.25, 0.3) is 0 Å². The van der Waals surface area contributed by atoms with Crippen LogP contribution in [0.5, 0.6) is 5.75 Å². The summed E-state index contributed by atoms with van der Waals surface area (Å²) >= 11 is 1.09. The molecule has 0 aliphatic heterocycles. The third-order valence-electron chi connectivity index (χ3n) is 2.45. The van der Waals surface area contributed by atoms with Gasteiger partial charge in [-0.15, -0.1) is 11.3 Å². The third-order valence-corrected chi connectivity index (χ3v) is 5.05. The molecule has 20 heavy (non-hydrogen) atoms. The molecule has 1 heterocycles. The number of hydrogen-bond donors (Lipinski definition) is 0. The summed E-state index contributed by atoms with van der Waals surface area (Å²) in [5, 5.41) is 1.66. The minimum Gasteiger partial charge on any atom is -0.469 e. The van der Waals surface area contributed by atoms with E-state index in [0.717, 1.165) is 16.9 Å². The summed E-state index contributed by atoms with van der Waals surface area (Å²) in [6.45, 7) is 0. The number of benzene rings is 1. The van der Waals surface area contributed by atoms with Crippen molar-refractivity contribution in [2.45, 2.75) is 10.6 Å². The van der Waals surface area contributed by atoms with Crippen LogP contribution < -0.4 is 4.18 Å². The van der Waals surface area contributed by atoms with Crippen molar-refractivity contribution in [3.05, 3.63) is 47.3 Å². The highest BCUT2D eigenvalue weighted by molar-refractivity contribution is 7.89. The number of thiophene rings is 1. The molecule has 0 atom stereocenters. The normalized spacial score (nSPS) is 11.1. The minimum atomic E-state index is -3.78. The predicted molar refractivity (Wildman–Crippen MR) is 74.3 cm³/mol. The average Bonchev–Trinajstić information content (AvgIpc) is 2.95. The Balaban J connectivity index is 2.10. The summed E-state index contributed by atoms with van der Waals surface area (Å²) in [5.41, 5.74) is 0.720. The Morgan fingerprint density at radius 1 is 1.20 bits per heavy atom. The Morgan fingerprint density at radius 2 is 1.90 bits per heavy atom. The molecule has 0 radical (unpaired) electrons. The maximum absolute atomic E-state index is 11.9. The zero-order valence-electron chi connectivity index (χ0n) is 10.6. The molecule has 0 saturated heterocycles. The Bertz CT molecular complexity index is 672. The number of carbonyl (C=O) groups is 1. The topological polar surface area (TPSA) is 69.7 Å². The van der Waals surface area contributed by atoms with Crippen LogP contribution in [0.3, 0.4) is 0 Å². The van der Waals surface area contributed by atoms with Crippen molar-refractivity contribution in [2.24, 2.45) is 0 Å². The van der Waals surface area contributed by atoms with E-state index in [9.17, 15) is 13.2 Å². The van der Waals surface area contributed by atoms with Crippen LogP contribution in [-0.4, -0.2) is 21.5 Å². The molecular formula is C13H12O5S2. The molecule has 1 aromatic carbocycles.